The smallest absolute Gasteiger partial charge is 0.290 e. The van der Waals surface area contributed by atoms with E-state index in [9.17, 15) is 19.8 Å². The Labute approximate surface area is 148 Å². The Bertz CT molecular complexity index is 721. The highest BCUT2D eigenvalue weighted by molar-refractivity contribution is 6.10. The van der Waals surface area contributed by atoms with Gasteiger partial charge in [-0.25, -0.2) is 0 Å². The van der Waals surface area contributed by atoms with E-state index in [2.05, 4.69) is 0 Å². The van der Waals surface area contributed by atoms with Gasteiger partial charge in [0.25, 0.3) is 5.91 Å². The van der Waals surface area contributed by atoms with Crippen molar-refractivity contribution < 1.29 is 19.8 Å². The summed E-state index contributed by atoms with van der Waals surface area (Å²) in [5.74, 6) is -0.989. The molecule has 0 spiro atoms. The molecule has 5 heteroatoms. The third-order valence-electron chi connectivity index (χ3n) is 5.10. The fraction of sp³-hybridized carbons (Fsp3) is 0.500. The summed E-state index contributed by atoms with van der Waals surface area (Å²) in [4.78, 5) is 27.5. The van der Waals surface area contributed by atoms with E-state index in [0.29, 0.717) is 0 Å². The zero-order chi connectivity index (χ0) is 18.4. The van der Waals surface area contributed by atoms with Crippen molar-refractivity contribution in [3.05, 3.63) is 41.2 Å². The number of nitrogens with zero attached hydrogens (tertiary/aromatic N) is 1. The molecule has 25 heavy (non-hydrogen) atoms. The predicted octanol–water partition coefficient (Wildman–Crippen LogP) is 3.65. The van der Waals surface area contributed by atoms with Crippen molar-refractivity contribution >= 4 is 11.7 Å². The highest BCUT2D eigenvalue weighted by Gasteiger charge is 2.48. The number of ketones is 1. The monoisotopic (exact) mass is 343 g/mol. The molecule has 1 aromatic carbocycles. The second-order valence-electron chi connectivity index (χ2n) is 7.99. The lowest BCUT2D eigenvalue weighted by atomic mass is 9.82. The Morgan fingerprint density at radius 2 is 1.64 bits per heavy atom. The summed E-state index contributed by atoms with van der Waals surface area (Å²) in [6.07, 6.45) is 3.84. The minimum atomic E-state index is -0.704. The van der Waals surface area contributed by atoms with Crippen LogP contribution in [0.5, 0.6) is 5.75 Å². The molecule has 1 unspecified atom stereocenters. The van der Waals surface area contributed by atoms with Gasteiger partial charge in [0.2, 0.25) is 0 Å². The average Bonchev–Trinajstić information content (AvgIpc) is 3.14. The van der Waals surface area contributed by atoms with Gasteiger partial charge in [0.05, 0.1) is 11.6 Å². The molecule has 1 aromatic rings. The first-order valence-electron chi connectivity index (χ1n) is 8.81. The van der Waals surface area contributed by atoms with Gasteiger partial charge in [-0.15, -0.1) is 0 Å². The summed E-state index contributed by atoms with van der Waals surface area (Å²) < 4.78 is 0. The van der Waals surface area contributed by atoms with E-state index in [1.54, 1.807) is 49.9 Å². The molecule has 0 bridgehead atoms. The van der Waals surface area contributed by atoms with E-state index in [0.717, 1.165) is 31.2 Å². The minimum absolute atomic E-state index is 0.0266. The van der Waals surface area contributed by atoms with Crippen molar-refractivity contribution in [2.75, 3.05) is 0 Å². The number of phenolic OH excluding ortho intramolecular Hbond substituents is 1. The van der Waals surface area contributed by atoms with Gasteiger partial charge in [0, 0.05) is 11.5 Å². The standard InChI is InChI=1S/C20H25NO4/c1-20(2,3)18(24)15-16(12-8-10-14(22)11-9-12)21(19(25)17(15)23)13-6-4-5-7-13/h8-11,13,16,22-23H,4-7H2,1-3H3. The van der Waals surface area contributed by atoms with Gasteiger partial charge >= 0.3 is 0 Å². The lowest BCUT2D eigenvalue weighted by Crippen LogP contribution is -2.39. The number of carbonyl (C=O) groups excluding carboxylic acids is 2. The second-order valence-corrected chi connectivity index (χ2v) is 7.99. The lowest BCUT2D eigenvalue weighted by Gasteiger charge is -2.33. The molecule has 3 rings (SSSR count). The molecule has 1 aliphatic heterocycles. The molecule has 2 N–H and O–H groups in total. The van der Waals surface area contributed by atoms with Crippen molar-refractivity contribution in [1.29, 1.82) is 0 Å². The minimum Gasteiger partial charge on any atom is -0.508 e. The van der Waals surface area contributed by atoms with Crippen LogP contribution in [0.4, 0.5) is 0 Å². The molecule has 1 saturated carbocycles. The van der Waals surface area contributed by atoms with Gasteiger partial charge in [-0.05, 0) is 30.5 Å². The van der Waals surface area contributed by atoms with Crippen molar-refractivity contribution in [3.63, 3.8) is 0 Å². The van der Waals surface area contributed by atoms with E-state index in [4.69, 9.17) is 0 Å². The van der Waals surface area contributed by atoms with Crippen LogP contribution < -0.4 is 0 Å². The largest absolute Gasteiger partial charge is 0.508 e. The van der Waals surface area contributed by atoms with E-state index in [-0.39, 0.29) is 23.1 Å². The van der Waals surface area contributed by atoms with Crippen LogP contribution in [0.1, 0.15) is 58.1 Å². The number of aromatic hydroxyl groups is 1. The zero-order valence-electron chi connectivity index (χ0n) is 15.0. The molecule has 1 aliphatic carbocycles. The Hall–Kier alpha value is -2.30. The number of rotatable bonds is 3. The number of amides is 1. The molecule has 1 heterocycles. The number of carbonyl (C=O) groups is 2. The predicted molar refractivity (Wildman–Crippen MR) is 94.1 cm³/mol. The van der Waals surface area contributed by atoms with Crippen molar-refractivity contribution in [3.8, 4) is 5.75 Å². The van der Waals surface area contributed by atoms with E-state index in [1.165, 1.54) is 0 Å². The number of phenols is 1. The highest BCUT2D eigenvalue weighted by Crippen LogP contribution is 2.44. The Balaban J connectivity index is 2.11. The second kappa shape index (κ2) is 6.21. The average molecular weight is 343 g/mol. The summed E-state index contributed by atoms with van der Waals surface area (Å²) in [5.41, 5.74) is 0.203. The lowest BCUT2D eigenvalue weighted by molar-refractivity contribution is -0.131. The van der Waals surface area contributed by atoms with Gasteiger partial charge < -0.3 is 15.1 Å². The first kappa shape index (κ1) is 17.5. The highest BCUT2D eigenvalue weighted by atomic mass is 16.3. The normalized spacial score (nSPS) is 22.1. The molecule has 5 nitrogen and oxygen atoms in total. The molecule has 0 radical (unpaired) electrons. The summed E-state index contributed by atoms with van der Waals surface area (Å²) in [5, 5.41) is 20.1. The Morgan fingerprint density at radius 1 is 1.08 bits per heavy atom. The van der Waals surface area contributed by atoms with Gasteiger partial charge in [-0.3, -0.25) is 9.59 Å². The number of Topliss-reactive ketones (excluding diaryl/α,β-unsaturated/α-hetero) is 1. The summed E-state index contributed by atoms with van der Waals surface area (Å²) in [6.45, 7) is 5.35. The van der Waals surface area contributed by atoms with Crippen LogP contribution in [0.2, 0.25) is 0 Å². The number of benzene rings is 1. The summed E-state index contributed by atoms with van der Waals surface area (Å²) in [6, 6.07) is 5.94. The van der Waals surface area contributed by atoms with Crippen molar-refractivity contribution in [2.24, 2.45) is 5.41 Å². The van der Waals surface area contributed by atoms with E-state index >= 15 is 0 Å². The van der Waals surface area contributed by atoms with Crippen LogP contribution >= 0.6 is 0 Å². The molecule has 1 atom stereocenters. The quantitative estimate of drug-likeness (QED) is 0.878. The van der Waals surface area contributed by atoms with E-state index in [1.807, 2.05) is 0 Å². The third-order valence-corrected chi connectivity index (χ3v) is 5.10. The number of hydrogen-bond donors (Lipinski definition) is 2. The van der Waals surface area contributed by atoms with Crippen LogP contribution in [-0.4, -0.2) is 32.8 Å². The van der Waals surface area contributed by atoms with Crippen molar-refractivity contribution in [1.82, 2.24) is 4.90 Å². The van der Waals surface area contributed by atoms with E-state index < -0.39 is 23.1 Å². The van der Waals surface area contributed by atoms with Crippen molar-refractivity contribution in [2.45, 2.75) is 58.5 Å². The first-order valence-corrected chi connectivity index (χ1v) is 8.81. The van der Waals surface area contributed by atoms with Gasteiger partial charge in [0.1, 0.15) is 5.75 Å². The topological polar surface area (TPSA) is 77.8 Å². The Morgan fingerprint density at radius 3 is 2.16 bits per heavy atom. The maximum atomic E-state index is 13.0. The van der Waals surface area contributed by atoms with Gasteiger partial charge in [0.15, 0.2) is 11.5 Å². The number of aliphatic hydroxyl groups is 1. The molecule has 1 fully saturated rings. The number of aliphatic hydroxyl groups excluding tert-OH is 1. The Kier molecular flexibility index (Phi) is 4.35. The molecular weight excluding hydrogens is 318 g/mol. The summed E-state index contributed by atoms with van der Waals surface area (Å²) >= 11 is 0. The third kappa shape index (κ3) is 3.03. The maximum absolute atomic E-state index is 13.0. The molecule has 0 saturated heterocycles. The van der Waals surface area contributed by atoms with Crippen LogP contribution in [0.3, 0.4) is 0 Å². The van der Waals surface area contributed by atoms with Crippen LogP contribution in [0.25, 0.3) is 0 Å². The molecular formula is C20H25NO4. The van der Waals surface area contributed by atoms with Gasteiger partial charge in [-0.1, -0.05) is 45.7 Å². The van der Waals surface area contributed by atoms with Crippen LogP contribution in [0, 0.1) is 5.41 Å². The molecule has 1 amide bonds. The maximum Gasteiger partial charge on any atom is 0.290 e. The first-order chi connectivity index (χ1) is 11.7. The van der Waals surface area contributed by atoms with Crippen LogP contribution in [-0.2, 0) is 9.59 Å². The molecule has 134 valence electrons. The fourth-order valence-electron chi connectivity index (χ4n) is 3.80. The molecule has 0 aromatic heterocycles. The summed E-state index contributed by atoms with van der Waals surface area (Å²) in [7, 11) is 0. The zero-order valence-corrected chi connectivity index (χ0v) is 15.0. The SMILES string of the molecule is CC(C)(C)C(=O)C1=C(O)C(=O)N(C2CCCC2)C1c1ccc(O)cc1. The van der Waals surface area contributed by atoms with Gasteiger partial charge in [-0.2, -0.15) is 0 Å². The fourth-order valence-corrected chi connectivity index (χ4v) is 3.80. The molecule has 2 aliphatic rings. The number of hydrogen-bond acceptors (Lipinski definition) is 4. The van der Waals surface area contributed by atoms with Crippen LogP contribution in [0.15, 0.2) is 35.6 Å².